The molecule has 2 nitrogen and oxygen atoms in total. The molecule has 1 aromatic rings. The smallest absolute Gasteiger partial charge is 0.00653 e. The van der Waals surface area contributed by atoms with E-state index in [0.29, 0.717) is 0 Å². The van der Waals surface area contributed by atoms with Gasteiger partial charge in [0.15, 0.2) is 0 Å². The van der Waals surface area contributed by atoms with Gasteiger partial charge in [0.2, 0.25) is 0 Å². The Bertz CT molecular complexity index is 170. The topological polar surface area (TPSA) is 52.0 Å². The van der Waals surface area contributed by atoms with Gasteiger partial charge < -0.3 is 11.5 Å². The van der Waals surface area contributed by atoms with Crippen molar-refractivity contribution in [3.63, 3.8) is 0 Å². The summed E-state index contributed by atoms with van der Waals surface area (Å²) in [6, 6.07) is 10.3. The second kappa shape index (κ2) is 8.24. The molecule has 0 radical (unpaired) electrons. The molecule has 0 saturated carbocycles. The van der Waals surface area contributed by atoms with E-state index in [2.05, 4.69) is 19.1 Å². The van der Waals surface area contributed by atoms with Gasteiger partial charge in [-0.2, -0.15) is 0 Å². The van der Waals surface area contributed by atoms with Crippen LogP contribution in [0.15, 0.2) is 30.3 Å². The van der Waals surface area contributed by atoms with Crippen molar-refractivity contribution in [1.82, 2.24) is 0 Å². The zero-order valence-corrected chi connectivity index (χ0v) is 7.66. The molecule has 0 spiro atoms. The minimum atomic E-state index is 0.719. The van der Waals surface area contributed by atoms with Gasteiger partial charge in [-0.25, -0.2) is 0 Å². The molecule has 12 heavy (non-hydrogen) atoms. The van der Waals surface area contributed by atoms with Crippen LogP contribution < -0.4 is 11.5 Å². The van der Waals surface area contributed by atoms with Crippen LogP contribution in [0, 0.1) is 6.92 Å². The van der Waals surface area contributed by atoms with E-state index in [1.807, 2.05) is 18.2 Å². The third kappa shape index (κ3) is 7.25. The molecule has 0 aliphatic carbocycles. The van der Waals surface area contributed by atoms with Crippen LogP contribution in [0.3, 0.4) is 0 Å². The lowest BCUT2D eigenvalue weighted by molar-refractivity contribution is 0.844. The maximum atomic E-state index is 5.06. The minimum Gasteiger partial charge on any atom is -0.330 e. The summed E-state index contributed by atoms with van der Waals surface area (Å²) in [7, 11) is 0. The Morgan fingerprint density at radius 2 is 1.50 bits per heavy atom. The molecule has 0 atom stereocenters. The maximum Gasteiger partial charge on any atom is -0.00653 e. The van der Waals surface area contributed by atoms with Gasteiger partial charge in [0.1, 0.15) is 0 Å². The van der Waals surface area contributed by atoms with Crippen LogP contribution in [0.25, 0.3) is 0 Å². The van der Waals surface area contributed by atoms with Crippen molar-refractivity contribution in [2.45, 2.75) is 13.3 Å². The first-order chi connectivity index (χ1) is 5.81. The first-order valence-electron chi connectivity index (χ1n) is 4.23. The summed E-state index contributed by atoms with van der Waals surface area (Å²) in [5, 5.41) is 0. The lowest BCUT2D eigenvalue weighted by atomic mass is 10.2. The van der Waals surface area contributed by atoms with Gasteiger partial charge in [-0.15, -0.1) is 0 Å². The summed E-state index contributed by atoms with van der Waals surface area (Å²) < 4.78 is 0. The Morgan fingerprint density at radius 3 is 1.67 bits per heavy atom. The molecule has 0 bridgehead atoms. The largest absolute Gasteiger partial charge is 0.330 e. The highest BCUT2D eigenvalue weighted by molar-refractivity contribution is 5.11. The van der Waals surface area contributed by atoms with E-state index in [0.717, 1.165) is 19.5 Å². The van der Waals surface area contributed by atoms with Gasteiger partial charge in [0, 0.05) is 0 Å². The third-order valence-corrected chi connectivity index (χ3v) is 1.35. The zero-order chi connectivity index (χ0) is 9.23. The fraction of sp³-hybridized carbons (Fsp3) is 0.400. The molecule has 0 heterocycles. The molecule has 0 fully saturated rings. The molecular weight excluding hydrogens is 148 g/mol. The van der Waals surface area contributed by atoms with Crippen LogP contribution in [0.5, 0.6) is 0 Å². The highest BCUT2D eigenvalue weighted by atomic mass is 14.6. The average Bonchev–Trinajstić information content (AvgIpc) is 2.08. The summed E-state index contributed by atoms with van der Waals surface area (Å²) in [4.78, 5) is 0. The molecule has 0 aliphatic heterocycles. The SMILES string of the molecule is Cc1ccccc1.NCCCN. The highest BCUT2D eigenvalue weighted by Gasteiger charge is 1.72. The van der Waals surface area contributed by atoms with Gasteiger partial charge in [-0.05, 0) is 26.4 Å². The van der Waals surface area contributed by atoms with Crippen molar-refractivity contribution in [1.29, 1.82) is 0 Å². The Morgan fingerprint density at radius 1 is 1.00 bits per heavy atom. The van der Waals surface area contributed by atoms with Crippen LogP contribution in [0.4, 0.5) is 0 Å². The first-order valence-corrected chi connectivity index (χ1v) is 4.23. The molecule has 0 unspecified atom stereocenters. The maximum absolute atomic E-state index is 5.06. The van der Waals surface area contributed by atoms with E-state index < -0.39 is 0 Å². The molecule has 1 rings (SSSR count). The Labute approximate surface area is 74.6 Å². The summed E-state index contributed by atoms with van der Waals surface area (Å²) >= 11 is 0. The van der Waals surface area contributed by atoms with Gasteiger partial charge in [-0.3, -0.25) is 0 Å². The van der Waals surface area contributed by atoms with Crippen molar-refractivity contribution in [3.8, 4) is 0 Å². The van der Waals surface area contributed by atoms with Crippen molar-refractivity contribution in [2.24, 2.45) is 11.5 Å². The number of aryl methyl sites for hydroxylation is 1. The fourth-order valence-corrected chi connectivity index (χ4v) is 0.652. The van der Waals surface area contributed by atoms with E-state index in [1.54, 1.807) is 0 Å². The van der Waals surface area contributed by atoms with Crippen molar-refractivity contribution >= 4 is 0 Å². The van der Waals surface area contributed by atoms with Crippen molar-refractivity contribution in [2.75, 3.05) is 13.1 Å². The van der Waals surface area contributed by atoms with E-state index in [9.17, 15) is 0 Å². The van der Waals surface area contributed by atoms with Crippen molar-refractivity contribution in [3.05, 3.63) is 35.9 Å². The van der Waals surface area contributed by atoms with Crippen LogP contribution in [-0.2, 0) is 0 Å². The van der Waals surface area contributed by atoms with Gasteiger partial charge >= 0.3 is 0 Å². The lowest BCUT2D eigenvalue weighted by Gasteiger charge is -1.82. The molecule has 1 aromatic carbocycles. The van der Waals surface area contributed by atoms with E-state index >= 15 is 0 Å². The normalized spacial score (nSPS) is 8.58. The molecule has 2 heteroatoms. The highest BCUT2D eigenvalue weighted by Crippen LogP contribution is 1.92. The molecule has 0 amide bonds. The number of nitrogens with two attached hydrogens (primary N) is 2. The van der Waals surface area contributed by atoms with Gasteiger partial charge in [-0.1, -0.05) is 35.9 Å². The second-order valence-electron chi connectivity index (χ2n) is 2.59. The molecule has 0 aromatic heterocycles. The second-order valence-corrected chi connectivity index (χ2v) is 2.59. The Hall–Kier alpha value is -0.860. The number of rotatable bonds is 2. The van der Waals surface area contributed by atoms with E-state index in [1.165, 1.54) is 5.56 Å². The standard InChI is InChI=1S/C7H8.C3H10N2/c1-7-5-3-2-4-6-7;4-2-1-3-5/h2-6H,1H3;1-5H2. The Kier molecular flexibility index (Phi) is 7.65. The van der Waals surface area contributed by atoms with E-state index in [4.69, 9.17) is 11.5 Å². The Balaban J connectivity index is 0.000000217. The minimum absolute atomic E-state index is 0.719. The summed E-state index contributed by atoms with van der Waals surface area (Å²) in [5.41, 5.74) is 11.4. The summed E-state index contributed by atoms with van der Waals surface area (Å²) in [5.74, 6) is 0. The zero-order valence-electron chi connectivity index (χ0n) is 7.66. The molecule has 4 N–H and O–H groups in total. The number of hydrogen-bond acceptors (Lipinski definition) is 2. The quantitative estimate of drug-likeness (QED) is 0.695. The predicted octanol–water partition coefficient (Wildman–Crippen LogP) is 1.29. The third-order valence-electron chi connectivity index (χ3n) is 1.35. The summed E-state index contributed by atoms with van der Waals surface area (Å²) in [6.45, 7) is 3.52. The van der Waals surface area contributed by atoms with Crippen LogP contribution >= 0.6 is 0 Å². The molecule has 0 saturated heterocycles. The van der Waals surface area contributed by atoms with Crippen LogP contribution in [0.2, 0.25) is 0 Å². The van der Waals surface area contributed by atoms with Gasteiger partial charge in [0.05, 0.1) is 0 Å². The monoisotopic (exact) mass is 166 g/mol. The number of benzene rings is 1. The predicted molar refractivity (Wildman–Crippen MR) is 53.9 cm³/mol. The van der Waals surface area contributed by atoms with E-state index in [-0.39, 0.29) is 0 Å². The summed E-state index contributed by atoms with van der Waals surface area (Å²) in [6.07, 6.45) is 0.944. The molecule has 0 aliphatic rings. The lowest BCUT2D eigenvalue weighted by Crippen LogP contribution is -2.06. The van der Waals surface area contributed by atoms with Crippen LogP contribution in [0.1, 0.15) is 12.0 Å². The average molecular weight is 166 g/mol. The molecular formula is C10H18N2. The first kappa shape index (κ1) is 11.1. The molecule has 68 valence electrons. The fourth-order valence-electron chi connectivity index (χ4n) is 0.652. The van der Waals surface area contributed by atoms with Gasteiger partial charge in [0.25, 0.3) is 0 Å². The van der Waals surface area contributed by atoms with Crippen LogP contribution in [-0.4, -0.2) is 13.1 Å². The van der Waals surface area contributed by atoms with Crippen molar-refractivity contribution < 1.29 is 0 Å². The number of hydrogen-bond donors (Lipinski definition) is 2.